The molecule has 0 saturated heterocycles. The molecule has 0 bridgehead atoms. The molecule has 0 radical (unpaired) electrons. The SMILES string of the molecule is COc1ccc([N+](=O)[O-])c(C(F)F)n1. The van der Waals surface area contributed by atoms with Crippen molar-refractivity contribution < 1.29 is 18.4 Å². The molecule has 0 atom stereocenters. The third kappa shape index (κ3) is 1.93. The van der Waals surface area contributed by atoms with E-state index >= 15 is 0 Å². The highest BCUT2D eigenvalue weighted by Gasteiger charge is 2.23. The van der Waals surface area contributed by atoms with Crippen molar-refractivity contribution in [1.82, 2.24) is 4.98 Å². The van der Waals surface area contributed by atoms with Gasteiger partial charge in [0.2, 0.25) is 5.88 Å². The fourth-order valence-electron chi connectivity index (χ4n) is 0.878. The number of methoxy groups -OCH3 is 1. The van der Waals surface area contributed by atoms with Crippen LogP contribution in [-0.2, 0) is 0 Å². The second kappa shape index (κ2) is 3.95. The van der Waals surface area contributed by atoms with Crippen LogP contribution in [0.4, 0.5) is 14.5 Å². The molecule has 0 aliphatic heterocycles. The number of rotatable bonds is 3. The van der Waals surface area contributed by atoms with Gasteiger partial charge in [0.05, 0.1) is 12.0 Å². The fourth-order valence-corrected chi connectivity index (χ4v) is 0.878. The molecule has 7 heteroatoms. The highest BCUT2D eigenvalue weighted by Crippen LogP contribution is 2.28. The maximum Gasteiger partial charge on any atom is 0.296 e. The number of alkyl halides is 2. The van der Waals surface area contributed by atoms with E-state index in [1.54, 1.807) is 0 Å². The summed E-state index contributed by atoms with van der Waals surface area (Å²) >= 11 is 0. The first-order valence-electron chi connectivity index (χ1n) is 3.53. The summed E-state index contributed by atoms with van der Waals surface area (Å²) in [7, 11) is 1.24. The molecule has 0 saturated carbocycles. The third-order valence-corrected chi connectivity index (χ3v) is 1.49. The van der Waals surface area contributed by atoms with Crippen LogP contribution >= 0.6 is 0 Å². The van der Waals surface area contributed by atoms with E-state index < -0.39 is 22.7 Å². The first-order valence-corrected chi connectivity index (χ1v) is 3.53. The van der Waals surface area contributed by atoms with Crippen molar-refractivity contribution in [2.24, 2.45) is 0 Å². The molecule has 0 aliphatic rings. The van der Waals surface area contributed by atoms with Crippen LogP contribution in [0.5, 0.6) is 5.88 Å². The number of hydrogen-bond donors (Lipinski definition) is 0. The normalized spacial score (nSPS) is 10.3. The number of halogens is 2. The van der Waals surface area contributed by atoms with Gasteiger partial charge in [-0.1, -0.05) is 0 Å². The van der Waals surface area contributed by atoms with Gasteiger partial charge in [0.25, 0.3) is 12.1 Å². The predicted molar refractivity (Wildman–Crippen MR) is 42.4 cm³/mol. The molecule has 0 aromatic carbocycles. The van der Waals surface area contributed by atoms with E-state index in [9.17, 15) is 18.9 Å². The van der Waals surface area contributed by atoms with Gasteiger partial charge < -0.3 is 4.74 Å². The number of hydrogen-bond acceptors (Lipinski definition) is 4. The summed E-state index contributed by atoms with van der Waals surface area (Å²) in [6, 6.07) is 2.09. The zero-order valence-electron chi connectivity index (χ0n) is 7.11. The van der Waals surface area contributed by atoms with Gasteiger partial charge in [0.1, 0.15) is 0 Å². The Labute approximate surface area is 77.5 Å². The van der Waals surface area contributed by atoms with Gasteiger partial charge in [-0.25, -0.2) is 13.8 Å². The summed E-state index contributed by atoms with van der Waals surface area (Å²) in [4.78, 5) is 12.7. The minimum absolute atomic E-state index is 0.0779. The minimum atomic E-state index is -2.99. The van der Waals surface area contributed by atoms with Crippen LogP contribution in [0.15, 0.2) is 12.1 Å². The molecule has 0 spiro atoms. The van der Waals surface area contributed by atoms with Crippen LogP contribution < -0.4 is 4.74 Å². The lowest BCUT2D eigenvalue weighted by atomic mass is 10.3. The molecular formula is C7H6F2N2O3. The van der Waals surface area contributed by atoms with Crippen LogP contribution in [-0.4, -0.2) is 17.0 Å². The predicted octanol–water partition coefficient (Wildman–Crippen LogP) is 1.94. The molecule has 0 amide bonds. The topological polar surface area (TPSA) is 65.3 Å². The van der Waals surface area contributed by atoms with Crippen molar-refractivity contribution in [3.05, 3.63) is 27.9 Å². The monoisotopic (exact) mass is 204 g/mol. The van der Waals surface area contributed by atoms with Crippen molar-refractivity contribution in [2.75, 3.05) is 7.11 Å². The first-order chi connectivity index (χ1) is 6.56. The lowest BCUT2D eigenvalue weighted by Gasteiger charge is -2.02. The molecule has 0 unspecified atom stereocenters. The number of aromatic nitrogens is 1. The molecule has 1 aromatic heterocycles. The molecule has 0 N–H and O–H groups in total. The number of nitro groups is 1. The van der Waals surface area contributed by atoms with E-state index in [0.717, 1.165) is 12.1 Å². The van der Waals surface area contributed by atoms with Crippen LogP contribution in [0.3, 0.4) is 0 Å². The van der Waals surface area contributed by atoms with Crippen molar-refractivity contribution in [3.8, 4) is 5.88 Å². The molecule has 1 heterocycles. The molecule has 76 valence electrons. The third-order valence-electron chi connectivity index (χ3n) is 1.49. The van der Waals surface area contributed by atoms with E-state index in [-0.39, 0.29) is 5.88 Å². The van der Waals surface area contributed by atoms with E-state index in [4.69, 9.17) is 0 Å². The number of ether oxygens (including phenoxy) is 1. The van der Waals surface area contributed by atoms with E-state index in [1.807, 2.05) is 0 Å². The molecule has 0 fully saturated rings. The van der Waals surface area contributed by atoms with E-state index in [1.165, 1.54) is 7.11 Å². The summed E-state index contributed by atoms with van der Waals surface area (Å²) in [5.41, 5.74) is -1.59. The van der Waals surface area contributed by atoms with Crippen LogP contribution in [0, 0.1) is 10.1 Å². The Kier molecular flexibility index (Phi) is 2.90. The van der Waals surface area contributed by atoms with Crippen molar-refractivity contribution in [3.63, 3.8) is 0 Å². The van der Waals surface area contributed by atoms with E-state index in [2.05, 4.69) is 9.72 Å². The summed E-state index contributed by atoms with van der Waals surface area (Å²) in [5, 5.41) is 10.3. The zero-order chi connectivity index (χ0) is 10.7. The summed E-state index contributed by atoms with van der Waals surface area (Å²) in [6.45, 7) is 0. The molecular weight excluding hydrogens is 198 g/mol. The summed E-state index contributed by atoms with van der Waals surface area (Å²) in [6.07, 6.45) is -2.99. The van der Waals surface area contributed by atoms with Gasteiger partial charge in [0.15, 0.2) is 5.69 Å². The Hall–Kier alpha value is -1.79. The average Bonchev–Trinajstić information content (AvgIpc) is 2.16. The maximum absolute atomic E-state index is 12.3. The Balaban J connectivity index is 3.24. The van der Waals surface area contributed by atoms with Crippen molar-refractivity contribution in [1.29, 1.82) is 0 Å². The molecule has 1 aromatic rings. The Morgan fingerprint density at radius 3 is 2.64 bits per heavy atom. The van der Waals surface area contributed by atoms with Crippen LogP contribution in [0.25, 0.3) is 0 Å². The number of nitrogens with zero attached hydrogens (tertiary/aromatic N) is 2. The quantitative estimate of drug-likeness (QED) is 0.557. The average molecular weight is 204 g/mol. The molecule has 0 aliphatic carbocycles. The van der Waals surface area contributed by atoms with Gasteiger partial charge in [-0.05, 0) is 0 Å². The summed E-state index contributed by atoms with van der Waals surface area (Å²) < 4.78 is 29.1. The van der Waals surface area contributed by atoms with Crippen molar-refractivity contribution >= 4 is 5.69 Å². The highest BCUT2D eigenvalue weighted by molar-refractivity contribution is 5.38. The van der Waals surface area contributed by atoms with Gasteiger partial charge in [-0.15, -0.1) is 0 Å². The van der Waals surface area contributed by atoms with Crippen LogP contribution in [0.1, 0.15) is 12.1 Å². The molecule has 1 rings (SSSR count). The Morgan fingerprint density at radius 2 is 2.21 bits per heavy atom. The zero-order valence-corrected chi connectivity index (χ0v) is 7.11. The smallest absolute Gasteiger partial charge is 0.296 e. The van der Waals surface area contributed by atoms with E-state index in [0.29, 0.717) is 0 Å². The van der Waals surface area contributed by atoms with Gasteiger partial charge in [-0.2, -0.15) is 0 Å². The lowest BCUT2D eigenvalue weighted by Crippen LogP contribution is -2.00. The Bertz CT molecular complexity index is 357. The van der Waals surface area contributed by atoms with Gasteiger partial charge in [0, 0.05) is 12.1 Å². The van der Waals surface area contributed by atoms with Crippen molar-refractivity contribution in [2.45, 2.75) is 6.43 Å². The lowest BCUT2D eigenvalue weighted by molar-refractivity contribution is -0.386. The van der Waals surface area contributed by atoms with Crippen LogP contribution in [0.2, 0.25) is 0 Å². The Morgan fingerprint density at radius 1 is 1.57 bits per heavy atom. The fraction of sp³-hybridized carbons (Fsp3) is 0.286. The van der Waals surface area contributed by atoms with Gasteiger partial charge in [-0.3, -0.25) is 10.1 Å². The largest absolute Gasteiger partial charge is 0.481 e. The first kappa shape index (κ1) is 10.3. The van der Waals surface area contributed by atoms with Gasteiger partial charge >= 0.3 is 0 Å². The second-order valence-electron chi connectivity index (χ2n) is 2.32. The number of pyridine rings is 1. The standard InChI is InChI=1S/C7H6F2N2O3/c1-14-5-3-2-4(11(12)13)6(10-5)7(8)9/h2-3,7H,1H3. The molecule has 14 heavy (non-hydrogen) atoms. The maximum atomic E-state index is 12.3. The second-order valence-corrected chi connectivity index (χ2v) is 2.32. The minimum Gasteiger partial charge on any atom is -0.481 e. The summed E-state index contributed by atoms with van der Waals surface area (Å²) in [5.74, 6) is -0.0779. The highest BCUT2D eigenvalue weighted by atomic mass is 19.3. The molecule has 5 nitrogen and oxygen atoms in total.